The molecule has 2 atom stereocenters. The van der Waals surface area contributed by atoms with E-state index in [0.717, 1.165) is 12.1 Å². The predicted octanol–water partition coefficient (Wildman–Crippen LogP) is 1.69. The van der Waals surface area contributed by atoms with Crippen LogP contribution in [0.5, 0.6) is 0 Å². The number of carbonyl (C=O) groups excluding carboxylic acids is 2. The van der Waals surface area contributed by atoms with Gasteiger partial charge in [0, 0.05) is 63.1 Å². The first-order chi connectivity index (χ1) is 15.5. The van der Waals surface area contributed by atoms with Crippen LogP contribution in [0.15, 0.2) is 47.8 Å². The van der Waals surface area contributed by atoms with Crippen LogP contribution in [0.1, 0.15) is 38.7 Å². The Morgan fingerprint density at radius 3 is 2.69 bits per heavy atom. The summed E-state index contributed by atoms with van der Waals surface area (Å²) in [5, 5.41) is 0. The van der Waals surface area contributed by atoms with Gasteiger partial charge in [-0.3, -0.25) is 14.6 Å². The van der Waals surface area contributed by atoms with Crippen LogP contribution >= 0.6 is 0 Å². The molecule has 1 fully saturated rings. The number of aryl methyl sites for hydroxylation is 1. The van der Waals surface area contributed by atoms with Crippen molar-refractivity contribution in [3.63, 3.8) is 0 Å². The van der Waals surface area contributed by atoms with Crippen LogP contribution in [0.2, 0.25) is 0 Å². The number of rotatable bonds is 3. The zero-order valence-electron chi connectivity index (χ0n) is 17.9. The number of piperidine rings is 1. The Hall–Kier alpha value is -3.75. The lowest BCUT2D eigenvalue weighted by molar-refractivity contribution is 0.0593. The third kappa shape index (κ3) is 3.30. The zero-order chi connectivity index (χ0) is 22.4. The fraction of sp³-hybridized carbons (Fsp3) is 0.348. The number of carbonyl (C=O) groups is 2. The molecule has 0 spiro atoms. The van der Waals surface area contributed by atoms with Gasteiger partial charge in [-0.25, -0.2) is 9.78 Å². The summed E-state index contributed by atoms with van der Waals surface area (Å²) in [5.41, 5.74) is 2.09. The Morgan fingerprint density at radius 1 is 1.12 bits per heavy atom. The number of esters is 1. The van der Waals surface area contributed by atoms with Gasteiger partial charge in [-0.2, -0.15) is 0 Å². The number of pyridine rings is 2. The molecular weight excluding hydrogens is 410 g/mol. The highest BCUT2D eigenvalue weighted by Crippen LogP contribution is 2.36. The number of fused-ring (bicyclic) bond motifs is 4. The van der Waals surface area contributed by atoms with E-state index in [0.29, 0.717) is 36.6 Å². The fourth-order valence-electron chi connectivity index (χ4n) is 4.88. The van der Waals surface area contributed by atoms with Crippen molar-refractivity contribution in [2.45, 2.75) is 18.9 Å². The predicted molar refractivity (Wildman–Crippen MR) is 115 cm³/mol. The molecule has 0 N–H and O–H groups in total. The van der Waals surface area contributed by atoms with E-state index in [9.17, 15) is 14.4 Å². The molecule has 2 aliphatic rings. The summed E-state index contributed by atoms with van der Waals surface area (Å²) in [7, 11) is 3.16. The van der Waals surface area contributed by atoms with Gasteiger partial charge in [0.25, 0.3) is 11.5 Å². The summed E-state index contributed by atoms with van der Waals surface area (Å²) in [6.45, 7) is 1.63. The first kappa shape index (κ1) is 20.2. The van der Waals surface area contributed by atoms with E-state index < -0.39 is 5.97 Å². The van der Waals surface area contributed by atoms with Crippen LogP contribution < -0.4 is 5.56 Å². The second kappa shape index (κ2) is 7.74. The number of aromatic nitrogens is 4. The van der Waals surface area contributed by atoms with Gasteiger partial charge in [0.1, 0.15) is 5.82 Å². The second-order valence-corrected chi connectivity index (χ2v) is 8.41. The highest BCUT2D eigenvalue weighted by atomic mass is 16.5. The normalized spacial score (nSPS) is 19.4. The highest BCUT2D eigenvalue weighted by Gasteiger charge is 2.37. The lowest BCUT2D eigenvalue weighted by atomic mass is 9.82. The van der Waals surface area contributed by atoms with Crippen molar-refractivity contribution in [3.8, 4) is 11.4 Å². The lowest BCUT2D eigenvalue weighted by Gasteiger charge is -2.42. The maximum atomic E-state index is 13.2. The summed E-state index contributed by atoms with van der Waals surface area (Å²) >= 11 is 0. The first-order valence-electron chi connectivity index (χ1n) is 10.5. The number of amides is 1. The molecule has 3 aromatic heterocycles. The molecule has 32 heavy (non-hydrogen) atoms. The SMILES string of the molecule is COC(=O)c1cncc(C(=O)N2C[C@@H]3C[C@H](C2)c2ccc(-c4nccn4C)c(=O)n2C3)c1. The molecule has 9 heteroatoms. The number of hydrogen-bond donors (Lipinski definition) is 0. The topological polar surface area (TPSA) is 99.3 Å². The Bertz CT molecular complexity index is 1280. The molecule has 0 radical (unpaired) electrons. The smallest absolute Gasteiger partial charge is 0.339 e. The van der Waals surface area contributed by atoms with Crippen LogP contribution in [0.25, 0.3) is 11.4 Å². The quantitative estimate of drug-likeness (QED) is 0.583. The van der Waals surface area contributed by atoms with Gasteiger partial charge >= 0.3 is 5.97 Å². The number of methoxy groups -OCH3 is 1. The molecule has 0 aliphatic carbocycles. The van der Waals surface area contributed by atoms with Gasteiger partial charge in [0.05, 0.1) is 23.8 Å². The minimum absolute atomic E-state index is 0.0405. The molecule has 9 nitrogen and oxygen atoms in total. The van der Waals surface area contributed by atoms with E-state index in [2.05, 4.69) is 9.97 Å². The van der Waals surface area contributed by atoms with E-state index in [1.54, 1.807) is 11.1 Å². The summed E-state index contributed by atoms with van der Waals surface area (Å²) in [5.74, 6) is 0.205. The molecule has 3 aromatic rings. The van der Waals surface area contributed by atoms with Gasteiger partial charge in [0.2, 0.25) is 0 Å². The van der Waals surface area contributed by atoms with Gasteiger partial charge in [0.15, 0.2) is 0 Å². The molecule has 5 rings (SSSR count). The van der Waals surface area contributed by atoms with Crippen LogP contribution in [-0.2, 0) is 18.3 Å². The molecule has 0 unspecified atom stereocenters. The molecule has 2 aliphatic heterocycles. The van der Waals surface area contributed by atoms with Gasteiger partial charge in [-0.1, -0.05) is 0 Å². The van der Waals surface area contributed by atoms with Crippen LogP contribution in [-0.4, -0.2) is 56.1 Å². The molecule has 0 saturated carbocycles. The molecule has 5 heterocycles. The zero-order valence-corrected chi connectivity index (χ0v) is 17.9. The maximum Gasteiger partial charge on any atom is 0.339 e. The number of likely N-dealkylation sites (tertiary alicyclic amines) is 1. The Kier molecular flexibility index (Phi) is 4.88. The van der Waals surface area contributed by atoms with E-state index >= 15 is 0 Å². The van der Waals surface area contributed by atoms with Crippen molar-refractivity contribution in [3.05, 3.63) is 70.2 Å². The monoisotopic (exact) mass is 433 g/mol. The second-order valence-electron chi connectivity index (χ2n) is 8.41. The van der Waals surface area contributed by atoms with Crippen LogP contribution in [0, 0.1) is 5.92 Å². The van der Waals surface area contributed by atoms with E-state index in [1.165, 1.54) is 25.6 Å². The number of nitrogens with zero attached hydrogens (tertiary/aromatic N) is 5. The van der Waals surface area contributed by atoms with Crippen molar-refractivity contribution >= 4 is 11.9 Å². The summed E-state index contributed by atoms with van der Waals surface area (Å²) in [6.07, 6.45) is 7.29. The maximum absolute atomic E-state index is 13.2. The summed E-state index contributed by atoms with van der Waals surface area (Å²) in [4.78, 5) is 48.4. The van der Waals surface area contributed by atoms with Crippen molar-refractivity contribution in [2.24, 2.45) is 13.0 Å². The van der Waals surface area contributed by atoms with Gasteiger partial charge in [-0.05, 0) is 30.5 Å². The lowest BCUT2D eigenvalue weighted by Crippen LogP contribution is -2.49. The Labute approximate surface area is 184 Å². The average molecular weight is 433 g/mol. The first-order valence-corrected chi connectivity index (χ1v) is 10.5. The molecule has 0 aromatic carbocycles. The highest BCUT2D eigenvalue weighted by molar-refractivity contribution is 5.97. The molecule has 2 bridgehead atoms. The van der Waals surface area contributed by atoms with Crippen LogP contribution in [0.4, 0.5) is 0 Å². The molecule has 1 saturated heterocycles. The Morgan fingerprint density at radius 2 is 1.94 bits per heavy atom. The Balaban J connectivity index is 1.43. The molecule has 164 valence electrons. The average Bonchev–Trinajstić information content (AvgIpc) is 3.24. The van der Waals surface area contributed by atoms with Crippen LogP contribution in [0.3, 0.4) is 0 Å². The molecular formula is C23H23N5O4. The van der Waals surface area contributed by atoms with E-state index in [1.807, 2.05) is 34.5 Å². The largest absolute Gasteiger partial charge is 0.465 e. The third-order valence-corrected chi connectivity index (χ3v) is 6.36. The summed E-state index contributed by atoms with van der Waals surface area (Å²) in [6, 6.07) is 5.34. The van der Waals surface area contributed by atoms with E-state index in [4.69, 9.17) is 4.74 Å². The van der Waals surface area contributed by atoms with Crippen molar-refractivity contribution in [1.82, 2.24) is 24.0 Å². The van der Waals surface area contributed by atoms with E-state index in [-0.39, 0.29) is 28.9 Å². The fourth-order valence-corrected chi connectivity index (χ4v) is 4.88. The van der Waals surface area contributed by atoms with Gasteiger partial charge < -0.3 is 18.8 Å². The molecule has 1 amide bonds. The van der Waals surface area contributed by atoms with Crippen molar-refractivity contribution < 1.29 is 14.3 Å². The number of ether oxygens (including phenoxy) is 1. The van der Waals surface area contributed by atoms with Crippen molar-refractivity contribution in [1.29, 1.82) is 0 Å². The minimum atomic E-state index is -0.528. The standard InChI is InChI=1S/C23H23N5O4/c1-26-6-5-25-20(26)18-3-4-19-17-7-14(12-28(19)22(18)30)11-27(13-17)21(29)15-8-16(10-24-9-15)23(31)32-2/h3-6,8-10,14,17H,7,11-13H2,1-2H3/t14-,17+/m0/s1. The third-order valence-electron chi connectivity index (χ3n) is 6.36. The summed E-state index contributed by atoms with van der Waals surface area (Å²) < 4.78 is 8.42. The minimum Gasteiger partial charge on any atom is -0.465 e. The van der Waals surface area contributed by atoms with Gasteiger partial charge in [-0.15, -0.1) is 0 Å². The number of hydrogen-bond acceptors (Lipinski definition) is 6. The van der Waals surface area contributed by atoms with Crippen molar-refractivity contribution in [2.75, 3.05) is 20.2 Å². The number of imidazole rings is 1.